The van der Waals surface area contributed by atoms with E-state index in [4.69, 9.17) is 10.1 Å². The van der Waals surface area contributed by atoms with Crippen LogP contribution < -0.4 is 15.5 Å². The molecule has 3 aliphatic heterocycles. The van der Waals surface area contributed by atoms with E-state index in [1.54, 1.807) is 12.3 Å². The van der Waals surface area contributed by atoms with E-state index < -0.39 is 10.0 Å². The summed E-state index contributed by atoms with van der Waals surface area (Å²) in [7, 11) is -3.48. The monoisotopic (exact) mass is 814 g/mol. The SMILES string of the molecule is CC(C)n1nc(N2CCN(Cc3cc(Br)c4c(c3)CN(C3CCCNC3)C4=O)CC2)c2cnc(Nc3ccnc(-c4cnn(S(=O)(=O)C5CC5)c4)n3)cc21. The van der Waals surface area contributed by atoms with Crippen LogP contribution in [-0.2, 0) is 23.1 Å². The summed E-state index contributed by atoms with van der Waals surface area (Å²) < 4.78 is 29.2. The van der Waals surface area contributed by atoms with Crippen molar-refractivity contribution in [1.29, 1.82) is 0 Å². The van der Waals surface area contributed by atoms with Crippen molar-refractivity contribution >= 4 is 60.2 Å². The molecule has 4 aliphatic rings. The Bertz CT molecular complexity index is 2340. The average molecular weight is 816 g/mol. The minimum absolute atomic E-state index is 0.127. The topological polar surface area (TPSA) is 159 Å². The minimum Gasteiger partial charge on any atom is -0.352 e. The molecule has 1 aliphatic carbocycles. The van der Waals surface area contributed by atoms with Crippen LogP contribution in [0.3, 0.4) is 0 Å². The number of nitrogens with zero attached hydrogens (tertiary/aromatic N) is 10. The highest BCUT2D eigenvalue weighted by Gasteiger charge is 2.38. The fraction of sp³-hybridized carbons (Fsp3) is 0.459. The molecule has 7 heterocycles. The number of nitrogens with one attached hydrogen (secondary N) is 2. The number of anilines is 3. The number of carbonyl (C=O) groups is 1. The van der Waals surface area contributed by atoms with Crippen LogP contribution >= 0.6 is 15.9 Å². The fourth-order valence-electron chi connectivity index (χ4n) is 7.84. The van der Waals surface area contributed by atoms with Crippen molar-refractivity contribution in [1.82, 2.24) is 49.0 Å². The van der Waals surface area contributed by atoms with Crippen LogP contribution in [0, 0.1) is 0 Å². The Kier molecular flexibility index (Phi) is 9.14. The molecule has 2 saturated heterocycles. The zero-order valence-electron chi connectivity index (χ0n) is 30.3. The van der Waals surface area contributed by atoms with E-state index in [1.807, 2.05) is 16.9 Å². The van der Waals surface area contributed by atoms with E-state index >= 15 is 0 Å². The van der Waals surface area contributed by atoms with Gasteiger partial charge in [0.1, 0.15) is 11.6 Å². The van der Waals surface area contributed by atoms with Crippen LogP contribution in [0.25, 0.3) is 22.3 Å². The predicted molar refractivity (Wildman–Crippen MR) is 209 cm³/mol. The van der Waals surface area contributed by atoms with Gasteiger partial charge in [-0.2, -0.15) is 14.3 Å². The summed E-state index contributed by atoms with van der Waals surface area (Å²) >= 11 is 3.74. The Morgan fingerprint density at radius 2 is 1.87 bits per heavy atom. The summed E-state index contributed by atoms with van der Waals surface area (Å²) in [5, 5.41) is 16.5. The van der Waals surface area contributed by atoms with Crippen LogP contribution in [0.1, 0.15) is 67.1 Å². The van der Waals surface area contributed by atoms with E-state index in [1.165, 1.54) is 18.0 Å². The maximum atomic E-state index is 13.3. The van der Waals surface area contributed by atoms with E-state index in [9.17, 15) is 13.2 Å². The van der Waals surface area contributed by atoms with Crippen molar-refractivity contribution in [3.8, 4) is 11.4 Å². The van der Waals surface area contributed by atoms with Crippen LogP contribution in [-0.4, -0.2) is 109 Å². The van der Waals surface area contributed by atoms with Gasteiger partial charge >= 0.3 is 0 Å². The van der Waals surface area contributed by atoms with Gasteiger partial charge in [0, 0.05) is 80.8 Å². The molecule has 0 radical (unpaired) electrons. The van der Waals surface area contributed by atoms with Gasteiger partial charge in [0.05, 0.1) is 39.7 Å². The molecule has 1 unspecified atom stereocenters. The van der Waals surface area contributed by atoms with Gasteiger partial charge in [-0.3, -0.25) is 14.4 Å². The highest BCUT2D eigenvalue weighted by Crippen LogP contribution is 2.35. The number of carbonyl (C=O) groups excluding carboxylic acids is 1. The number of rotatable bonds is 10. The highest BCUT2D eigenvalue weighted by molar-refractivity contribution is 9.10. The molecule has 1 atom stereocenters. The number of amides is 1. The smallest absolute Gasteiger partial charge is 0.256 e. The Labute approximate surface area is 322 Å². The molecular formula is C37H43BrN12O3S. The van der Waals surface area contributed by atoms with Crippen molar-refractivity contribution in [2.45, 2.75) is 70.0 Å². The summed E-state index contributed by atoms with van der Waals surface area (Å²) in [5.41, 5.74) is 4.65. The second-order valence-electron chi connectivity index (χ2n) is 15.0. The molecule has 17 heteroatoms. The van der Waals surface area contributed by atoms with Gasteiger partial charge in [-0.05, 0) is 85.3 Å². The van der Waals surface area contributed by atoms with Gasteiger partial charge in [-0.1, -0.05) is 6.07 Å². The molecule has 15 nitrogen and oxygen atoms in total. The van der Waals surface area contributed by atoms with Gasteiger partial charge in [0.25, 0.3) is 15.9 Å². The van der Waals surface area contributed by atoms with Crippen molar-refractivity contribution < 1.29 is 13.2 Å². The molecule has 9 rings (SSSR count). The summed E-state index contributed by atoms with van der Waals surface area (Å²) in [6, 6.07) is 8.48. The molecule has 54 heavy (non-hydrogen) atoms. The maximum Gasteiger partial charge on any atom is 0.256 e. The second-order valence-corrected chi connectivity index (χ2v) is 17.9. The van der Waals surface area contributed by atoms with Crippen molar-refractivity contribution in [3.63, 3.8) is 0 Å². The first-order chi connectivity index (χ1) is 26.1. The molecule has 0 bridgehead atoms. The van der Waals surface area contributed by atoms with E-state index in [2.05, 4.69) is 82.3 Å². The normalized spacial score (nSPS) is 19.6. The van der Waals surface area contributed by atoms with Crippen molar-refractivity contribution in [2.75, 3.05) is 49.5 Å². The first kappa shape index (κ1) is 35.3. The molecule has 2 N–H and O–H groups in total. The van der Waals surface area contributed by atoms with Gasteiger partial charge in [0.15, 0.2) is 11.6 Å². The molecular weight excluding hydrogens is 772 g/mol. The number of halogens is 1. The number of piperazine rings is 1. The van der Waals surface area contributed by atoms with Crippen LogP contribution in [0.5, 0.6) is 0 Å². The molecule has 282 valence electrons. The van der Waals surface area contributed by atoms with E-state index in [-0.39, 0.29) is 23.2 Å². The van der Waals surface area contributed by atoms with Gasteiger partial charge in [0.2, 0.25) is 0 Å². The summed E-state index contributed by atoms with van der Waals surface area (Å²) in [4.78, 5) is 33.9. The number of fused-ring (bicyclic) bond motifs is 2. The first-order valence-electron chi connectivity index (χ1n) is 18.7. The number of hydrogen-bond donors (Lipinski definition) is 2. The lowest BCUT2D eigenvalue weighted by molar-refractivity contribution is 0.0674. The predicted octanol–water partition coefficient (Wildman–Crippen LogP) is 4.54. The first-order valence-corrected chi connectivity index (χ1v) is 21.0. The quantitative estimate of drug-likeness (QED) is 0.203. The summed E-state index contributed by atoms with van der Waals surface area (Å²) in [6.07, 6.45) is 9.92. The number of benzene rings is 1. The molecule has 5 aromatic rings. The third-order valence-electron chi connectivity index (χ3n) is 10.8. The zero-order valence-corrected chi connectivity index (χ0v) is 32.7. The third kappa shape index (κ3) is 6.64. The Hall–Kier alpha value is -4.45. The lowest BCUT2D eigenvalue weighted by Gasteiger charge is -2.35. The van der Waals surface area contributed by atoms with E-state index in [0.717, 1.165) is 95.1 Å². The second kappa shape index (κ2) is 14.0. The van der Waals surface area contributed by atoms with Crippen LogP contribution in [0.4, 0.5) is 17.5 Å². The third-order valence-corrected chi connectivity index (χ3v) is 13.5. The largest absolute Gasteiger partial charge is 0.352 e. The Morgan fingerprint density at radius 1 is 1.04 bits per heavy atom. The molecule has 1 saturated carbocycles. The average Bonchev–Trinajstić information content (AvgIpc) is 3.65. The summed E-state index contributed by atoms with van der Waals surface area (Å²) in [6.45, 7) is 11.1. The molecule has 4 aromatic heterocycles. The van der Waals surface area contributed by atoms with E-state index in [0.29, 0.717) is 42.4 Å². The lowest BCUT2D eigenvalue weighted by Crippen LogP contribution is -2.46. The molecule has 3 fully saturated rings. The number of pyridine rings is 1. The summed E-state index contributed by atoms with van der Waals surface area (Å²) in [5.74, 6) is 2.57. The minimum atomic E-state index is -3.48. The van der Waals surface area contributed by atoms with Crippen LogP contribution in [0.15, 0.2) is 53.5 Å². The van der Waals surface area contributed by atoms with Crippen LogP contribution in [0.2, 0.25) is 0 Å². The highest BCUT2D eigenvalue weighted by atomic mass is 79.9. The molecule has 1 aromatic carbocycles. The van der Waals surface area contributed by atoms with Crippen molar-refractivity contribution in [3.05, 3.63) is 70.2 Å². The zero-order chi connectivity index (χ0) is 37.1. The fourth-order valence-corrected chi connectivity index (χ4v) is 10.0. The Morgan fingerprint density at radius 3 is 2.63 bits per heavy atom. The number of hydrogen-bond acceptors (Lipinski definition) is 12. The number of piperidine rings is 1. The standard InChI is InChI=1S/C37H43BrN12O3S/c1-23(2)50-31-16-33(43-32-7-9-40-35(44-32)26-17-42-49(22-26)54(52,53)28-5-6-28)41-19-29(31)36(45-50)47-12-10-46(11-13-47)20-24-14-25-21-48(27-4-3-8-39-18-27)37(51)34(25)30(38)15-24/h7,9,14-17,19,22-23,27-28,39H,3-6,8,10-13,18,20-21H2,1-2H3,(H,40,41,43,44). The van der Waals surface area contributed by atoms with Gasteiger partial charge in [-0.15, -0.1) is 0 Å². The van der Waals surface area contributed by atoms with Gasteiger partial charge in [-0.25, -0.2) is 23.4 Å². The van der Waals surface area contributed by atoms with Gasteiger partial charge < -0.3 is 20.4 Å². The molecule has 1 amide bonds. The molecule has 0 spiro atoms. The Balaban J connectivity index is 0.876. The number of aromatic nitrogens is 7. The maximum absolute atomic E-state index is 13.3. The van der Waals surface area contributed by atoms with Crippen molar-refractivity contribution in [2.24, 2.45) is 0 Å². The lowest BCUT2D eigenvalue weighted by atomic mass is 10.1.